The Morgan fingerprint density at radius 3 is 2.44 bits per heavy atom. The number of ether oxygens (including phenoxy) is 4. The molecule has 3 atom stereocenters. The van der Waals surface area contributed by atoms with Crippen molar-refractivity contribution in [2.45, 2.75) is 69.2 Å². The number of nitrogens with zero attached hydrogens (tertiary/aromatic N) is 4. The molecule has 3 unspecified atom stereocenters. The normalized spacial score (nSPS) is 20.2. The molecular formula is C41H48N8O11S2. The minimum atomic E-state index is -2.08. The van der Waals surface area contributed by atoms with Crippen LogP contribution in [0.15, 0.2) is 65.8 Å². The number of carbonyl (C=O) groups excluding carboxylic acids is 5. The first kappa shape index (κ1) is 47.0. The summed E-state index contributed by atoms with van der Waals surface area (Å²) in [4.78, 5) is 80.6. The Bertz CT molecular complexity index is 2140. The summed E-state index contributed by atoms with van der Waals surface area (Å²) in [5.74, 6) is -3.84. The molecule has 19 nitrogen and oxygen atoms in total. The van der Waals surface area contributed by atoms with Crippen molar-refractivity contribution < 1.29 is 47.8 Å². The van der Waals surface area contributed by atoms with Gasteiger partial charge in [-0.15, -0.1) is 0 Å². The third-order valence-electron chi connectivity index (χ3n) is 10.1. The lowest BCUT2D eigenvalue weighted by atomic mass is 9.98. The van der Waals surface area contributed by atoms with E-state index in [0.717, 1.165) is 49.9 Å². The van der Waals surface area contributed by atoms with E-state index in [0.29, 0.717) is 0 Å². The van der Waals surface area contributed by atoms with Crippen molar-refractivity contribution in [3.05, 3.63) is 97.9 Å². The fourth-order valence-electron chi connectivity index (χ4n) is 6.98. The summed E-state index contributed by atoms with van der Waals surface area (Å²) in [7, 11) is 3.56. The number of fused-ring (bicyclic) bond motifs is 23. The predicted molar refractivity (Wildman–Crippen MR) is 231 cm³/mol. The van der Waals surface area contributed by atoms with Crippen LogP contribution in [0, 0.1) is 10.1 Å². The maximum absolute atomic E-state index is 13.8. The summed E-state index contributed by atoms with van der Waals surface area (Å²) >= 11 is 0. The number of amides is 3. The molecule has 21 heteroatoms. The van der Waals surface area contributed by atoms with E-state index in [4.69, 9.17) is 30.2 Å². The van der Waals surface area contributed by atoms with Gasteiger partial charge in [0.05, 0.1) is 36.0 Å². The zero-order valence-electron chi connectivity index (χ0n) is 34.2. The van der Waals surface area contributed by atoms with Crippen molar-refractivity contribution in [1.82, 2.24) is 16.0 Å². The molecule has 5 N–H and O–H groups in total. The van der Waals surface area contributed by atoms with Gasteiger partial charge >= 0.3 is 11.9 Å². The van der Waals surface area contributed by atoms with Crippen molar-refractivity contribution in [3.8, 4) is 22.6 Å². The van der Waals surface area contributed by atoms with Gasteiger partial charge in [0.1, 0.15) is 18.8 Å². The summed E-state index contributed by atoms with van der Waals surface area (Å²) < 4.78 is 22.7. The van der Waals surface area contributed by atoms with Crippen LogP contribution in [-0.4, -0.2) is 91.2 Å². The topological polar surface area (TPSA) is 276 Å². The van der Waals surface area contributed by atoms with Crippen molar-refractivity contribution in [1.29, 1.82) is 0 Å². The average Bonchev–Trinajstić information content (AvgIpc) is 3.57. The van der Waals surface area contributed by atoms with Gasteiger partial charge < -0.3 is 40.6 Å². The van der Waals surface area contributed by atoms with E-state index in [9.17, 15) is 34.1 Å². The number of azide groups is 1. The van der Waals surface area contributed by atoms with E-state index < -0.39 is 52.4 Å². The summed E-state index contributed by atoms with van der Waals surface area (Å²) in [5, 5.41) is 23.8. The van der Waals surface area contributed by atoms with E-state index in [1.165, 1.54) is 20.1 Å². The average molecular weight is 893 g/mol. The lowest BCUT2D eigenvalue weighted by molar-refractivity contribution is -0.386. The van der Waals surface area contributed by atoms with E-state index in [2.05, 4.69) is 26.0 Å². The first-order valence-electron chi connectivity index (χ1n) is 19.8. The fourth-order valence-corrected chi connectivity index (χ4v) is 9.49. The molecular weight excluding hydrogens is 845 g/mol. The Labute approximate surface area is 365 Å². The molecule has 2 aliphatic heterocycles. The second kappa shape index (κ2) is 22.7. The Hall–Kier alpha value is -6.02. The van der Waals surface area contributed by atoms with E-state index in [-0.39, 0.29) is 105 Å². The molecule has 1 aliphatic carbocycles. The molecule has 0 aromatic heterocycles. The number of carbonyl (C=O) groups is 5. The molecule has 62 heavy (non-hydrogen) atoms. The number of primary amides is 1. The van der Waals surface area contributed by atoms with Gasteiger partial charge in [-0.25, -0.2) is 0 Å². The molecule has 3 amide bonds. The van der Waals surface area contributed by atoms with Crippen LogP contribution in [0.1, 0.15) is 74.2 Å². The van der Waals surface area contributed by atoms with Crippen LogP contribution >= 0.6 is 21.6 Å². The zero-order valence-corrected chi connectivity index (χ0v) is 35.8. The molecule has 330 valence electrons. The number of nitrogens with one attached hydrogen (secondary N) is 3. The van der Waals surface area contributed by atoms with Gasteiger partial charge in [-0.2, -0.15) is 0 Å². The van der Waals surface area contributed by atoms with Crippen molar-refractivity contribution >= 4 is 56.9 Å². The third kappa shape index (κ3) is 12.3. The van der Waals surface area contributed by atoms with E-state index >= 15 is 0 Å². The molecule has 2 heterocycles. The molecule has 6 rings (SSSR count). The summed E-state index contributed by atoms with van der Waals surface area (Å²) in [6.45, 7) is 1.62. The quantitative estimate of drug-likeness (QED) is 0.0276. The molecule has 0 saturated heterocycles. The van der Waals surface area contributed by atoms with Gasteiger partial charge in [0, 0.05) is 42.4 Å². The number of hydrogen-bond donors (Lipinski definition) is 4. The first-order chi connectivity index (χ1) is 29.9. The predicted octanol–water partition coefficient (Wildman–Crippen LogP) is 5.36. The highest BCUT2D eigenvalue weighted by molar-refractivity contribution is 8.76. The van der Waals surface area contributed by atoms with Gasteiger partial charge in [0.2, 0.25) is 17.5 Å². The van der Waals surface area contributed by atoms with Crippen LogP contribution in [0.25, 0.3) is 21.6 Å². The zero-order chi connectivity index (χ0) is 44.6. The van der Waals surface area contributed by atoms with Crippen LogP contribution < -0.4 is 31.2 Å². The van der Waals surface area contributed by atoms with Crippen molar-refractivity contribution in [2.75, 3.05) is 44.9 Å². The number of nitro benzene ring substituents is 1. The Balaban J connectivity index is 1.38. The van der Waals surface area contributed by atoms with Crippen LogP contribution in [0.3, 0.4) is 0 Å². The third-order valence-corrected chi connectivity index (χ3v) is 12.5. The van der Waals surface area contributed by atoms with Gasteiger partial charge in [-0.3, -0.25) is 34.1 Å². The largest absolute Gasteiger partial charge is 0.493 e. The number of benzene rings is 3. The van der Waals surface area contributed by atoms with Crippen LogP contribution in [0.4, 0.5) is 5.69 Å². The van der Waals surface area contributed by atoms with E-state index in [1.807, 2.05) is 48.5 Å². The number of nitro groups is 1. The smallest absolute Gasteiger partial charge is 0.324 e. The molecule has 2 bridgehead atoms. The Kier molecular flexibility index (Phi) is 17.2. The summed E-state index contributed by atoms with van der Waals surface area (Å²) in [6, 6.07) is 17.4. The minimum Gasteiger partial charge on any atom is -0.493 e. The SMILES string of the molecule is COc1cc2c([N+](=O)[O-])cc1OCCCC(=O)NC(NC(=O)CCCN=[N+]=[N-])(C(N)=O)CSSCC(C(=O)OCC1c3ccccc3-c3ccccc31)NCCCC(=O)OC2C. The molecule has 3 aliphatic rings. The van der Waals surface area contributed by atoms with Gasteiger partial charge in [0.15, 0.2) is 11.5 Å². The highest BCUT2D eigenvalue weighted by Gasteiger charge is 2.40. The van der Waals surface area contributed by atoms with Crippen LogP contribution in [-0.2, 0) is 33.4 Å². The molecule has 3 aromatic rings. The molecule has 0 radical (unpaired) electrons. The maximum atomic E-state index is 13.8. The summed E-state index contributed by atoms with van der Waals surface area (Å²) in [6.07, 6.45) is -1.06. The maximum Gasteiger partial charge on any atom is 0.324 e. The number of esters is 2. The van der Waals surface area contributed by atoms with Crippen molar-refractivity contribution in [3.63, 3.8) is 0 Å². The van der Waals surface area contributed by atoms with Gasteiger partial charge in [-0.1, -0.05) is 75.2 Å². The highest BCUT2D eigenvalue weighted by Crippen LogP contribution is 2.45. The van der Waals surface area contributed by atoms with E-state index in [1.54, 1.807) is 0 Å². The Morgan fingerprint density at radius 1 is 1.06 bits per heavy atom. The van der Waals surface area contributed by atoms with Gasteiger partial charge in [-0.05, 0) is 66.6 Å². The lowest BCUT2D eigenvalue weighted by Crippen LogP contribution is -2.69. The monoisotopic (exact) mass is 892 g/mol. The standard InChI is InChI=1S/C41H48N8O11S2/c1-25-30-20-34(57-2)35(21-33(30)49(55)56)58-19-9-15-37(51)47-41(40(42)54,46-36(50)14-7-18-45-48-43)24-62-61-23-32(44-17-8-16-38(52)60-25)39(53)59-22-31-28-12-5-3-10-26(28)27-11-4-6-13-29(27)31/h3-6,10-13,20-21,25,31-32,44H,7-9,14-19,22-24H2,1-2H3,(H2,42,54)(H,46,50)(H,47,51). The lowest BCUT2D eigenvalue weighted by Gasteiger charge is -2.32. The minimum absolute atomic E-state index is 0.00482. The number of hydrogen-bond acceptors (Lipinski definition) is 15. The molecule has 3 aromatic carbocycles. The highest BCUT2D eigenvalue weighted by atomic mass is 33.1. The van der Waals surface area contributed by atoms with Crippen LogP contribution in [0.5, 0.6) is 11.5 Å². The first-order valence-corrected chi connectivity index (χ1v) is 22.3. The number of rotatable bonds is 11. The van der Waals surface area contributed by atoms with Gasteiger partial charge in [0.25, 0.3) is 11.6 Å². The molecule has 0 spiro atoms. The second-order valence-corrected chi connectivity index (χ2v) is 16.8. The second-order valence-electron chi connectivity index (χ2n) is 14.3. The number of nitrogens with two attached hydrogens (primary N) is 1. The van der Waals surface area contributed by atoms with Crippen molar-refractivity contribution in [2.24, 2.45) is 10.8 Å². The number of methoxy groups -OCH3 is 1. The molecule has 0 saturated carbocycles. The Morgan fingerprint density at radius 2 is 1.77 bits per heavy atom. The fraction of sp³-hybridized carbons (Fsp3) is 0.439. The molecule has 0 fully saturated rings. The van der Waals surface area contributed by atoms with Crippen LogP contribution in [0.2, 0.25) is 0 Å². The summed E-state index contributed by atoms with van der Waals surface area (Å²) in [5.41, 5.74) is 16.2.